The van der Waals surface area contributed by atoms with Crippen LogP contribution in [0.5, 0.6) is 0 Å². The van der Waals surface area contributed by atoms with E-state index in [1.54, 1.807) is 17.1 Å². The van der Waals surface area contributed by atoms with Crippen molar-refractivity contribution in [1.29, 1.82) is 0 Å². The summed E-state index contributed by atoms with van der Waals surface area (Å²) in [4.78, 5) is 13.0. The molecule has 0 spiro atoms. The molecule has 0 aromatic rings. The van der Waals surface area contributed by atoms with Crippen LogP contribution in [0.2, 0.25) is 0 Å². The van der Waals surface area contributed by atoms with Gasteiger partial charge in [-0.3, -0.25) is 4.79 Å². The zero-order valence-corrected chi connectivity index (χ0v) is 8.04. The van der Waals surface area contributed by atoms with Crippen LogP contribution < -0.4 is 0 Å². The van der Waals surface area contributed by atoms with Crippen molar-refractivity contribution in [1.82, 2.24) is 4.90 Å². The lowest BCUT2D eigenvalue weighted by molar-refractivity contribution is -0.125. The van der Waals surface area contributed by atoms with E-state index in [1.807, 2.05) is 0 Å². The Morgan fingerprint density at radius 1 is 1.08 bits per heavy atom. The molecule has 1 amide bonds. The highest BCUT2D eigenvalue weighted by Gasteiger charge is 2.06. The minimum absolute atomic E-state index is 0.0244. The molecule has 0 heterocycles. The van der Waals surface area contributed by atoms with Gasteiger partial charge in [-0.1, -0.05) is 18.7 Å². The summed E-state index contributed by atoms with van der Waals surface area (Å²) < 4.78 is 0. The van der Waals surface area contributed by atoms with E-state index in [-0.39, 0.29) is 5.91 Å². The highest BCUT2D eigenvalue weighted by molar-refractivity contribution is 5.86. The van der Waals surface area contributed by atoms with Gasteiger partial charge in [0.25, 0.3) is 0 Å². The van der Waals surface area contributed by atoms with Crippen LogP contribution in [0, 0.1) is 0 Å². The largest absolute Gasteiger partial charge is 0.339 e. The molecule has 0 atom stereocenters. The maximum atomic E-state index is 11.3. The van der Waals surface area contributed by atoms with Crippen molar-refractivity contribution in [2.45, 2.75) is 12.8 Å². The summed E-state index contributed by atoms with van der Waals surface area (Å²) in [5.41, 5.74) is 0. The van der Waals surface area contributed by atoms with E-state index in [1.165, 1.54) is 6.08 Å². The third-order valence-corrected chi connectivity index (χ3v) is 1.69. The van der Waals surface area contributed by atoms with E-state index in [4.69, 9.17) is 0 Å². The zero-order valence-electron chi connectivity index (χ0n) is 8.04. The van der Waals surface area contributed by atoms with Gasteiger partial charge in [0.05, 0.1) is 0 Å². The van der Waals surface area contributed by atoms with Crippen LogP contribution in [0.1, 0.15) is 12.8 Å². The summed E-state index contributed by atoms with van der Waals surface area (Å²) in [5.74, 6) is -0.0244. The summed E-state index contributed by atoms with van der Waals surface area (Å²) in [7, 11) is 0. The number of carbonyl (C=O) groups is 1. The molecule has 0 N–H and O–H groups in total. The molecule has 0 aromatic heterocycles. The fourth-order valence-electron chi connectivity index (χ4n) is 0.956. The predicted octanol–water partition coefficient (Wildman–Crippen LogP) is 2.15. The van der Waals surface area contributed by atoms with E-state index >= 15 is 0 Å². The van der Waals surface area contributed by atoms with Gasteiger partial charge in [-0.15, -0.1) is 13.2 Å². The smallest absolute Gasteiger partial charge is 0.245 e. The molecule has 0 aliphatic heterocycles. The van der Waals surface area contributed by atoms with Crippen LogP contribution in [0.3, 0.4) is 0 Å². The van der Waals surface area contributed by atoms with E-state index in [9.17, 15) is 4.79 Å². The maximum Gasteiger partial charge on any atom is 0.245 e. The Balaban J connectivity index is 4.00. The van der Waals surface area contributed by atoms with Crippen molar-refractivity contribution in [3.63, 3.8) is 0 Å². The van der Waals surface area contributed by atoms with Gasteiger partial charge in [-0.2, -0.15) is 0 Å². The van der Waals surface area contributed by atoms with Crippen LogP contribution >= 0.6 is 0 Å². The molecule has 0 rings (SSSR count). The Labute approximate surface area is 80.2 Å². The van der Waals surface area contributed by atoms with Gasteiger partial charge in [-0.05, 0) is 18.9 Å². The number of nitrogens with zero attached hydrogens (tertiary/aromatic N) is 1. The minimum atomic E-state index is -0.0244. The van der Waals surface area contributed by atoms with E-state index in [0.29, 0.717) is 13.1 Å². The molecular formula is C11H17NO. The quantitative estimate of drug-likeness (QED) is 0.433. The Morgan fingerprint density at radius 2 is 1.54 bits per heavy atom. The highest BCUT2D eigenvalue weighted by Crippen LogP contribution is 1.97. The molecule has 0 aliphatic carbocycles. The monoisotopic (exact) mass is 179 g/mol. The Morgan fingerprint density at radius 3 is 1.85 bits per heavy atom. The first kappa shape index (κ1) is 11.7. The summed E-state index contributed by atoms with van der Waals surface area (Å²) >= 11 is 0. The van der Waals surface area contributed by atoms with Gasteiger partial charge in [0.15, 0.2) is 0 Å². The molecule has 0 bridgehead atoms. The molecule has 2 heteroatoms. The normalized spacial score (nSPS) is 8.92. The number of rotatable bonds is 7. The van der Waals surface area contributed by atoms with Gasteiger partial charge in [0.1, 0.15) is 0 Å². The Bertz CT molecular complexity index is 184. The van der Waals surface area contributed by atoms with Gasteiger partial charge >= 0.3 is 0 Å². The molecule has 72 valence electrons. The van der Waals surface area contributed by atoms with Gasteiger partial charge in [0, 0.05) is 13.1 Å². The summed E-state index contributed by atoms with van der Waals surface area (Å²) in [5, 5.41) is 0. The third-order valence-electron chi connectivity index (χ3n) is 1.69. The number of hydrogen-bond acceptors (Lipinski definition) is 1. The topological polar surface area (TPSA) is 20.3 Å². The predicted molar refractivity (Wildman–Crippen MR) is 56.4 cm³/mol. The average Bonchev–Trinajstić information content (AvgIpc) is 2.17. The average molecular weight is 179 g/mol. The van der Waals surface area contributed by atoms with Crippen LogP contribution in [0.4, 0.5) is 0 Å². The highest BCUT2D eigenvalue weighted by atomic mass is 16.2. The maximum absolute atomic E-state index is 11.3. The summed E-state index contributed by atoms with van der Waals surface area (Å²) in [6.07, 6.45) is 6.58. The number of amides is 1. The second-order valence-corrected chi connectivity index (χ2v) is 2.68. The SMILES string of the molecule is C=CCCN(CCC=C)C(=O)C=C. The fourth-order valence-corrected chi connectivity index (χ4v) is 0.956. The minimum Gasteiger partial charge on any atom is -0.339 e. The standard InChI is InChI=1S/C11H17NO/c1-4-7-9-12(10-8-5-2)11(13)6-3/h4-6H,1-3,7-10H2. The molecule has 0 unspecified atom stereocenters. The van der Waals surface area contributed by atoms with E-state index < -0.39 is 0 Å². The van der Waals surface area contributed by atoms with Crippen molar-refractivity contribution in [3.8, 4) is 0 Å². The first-order valence-electron chi connectivity index (χ1n) is 4.39. The van der Waals surface area contributed by atoms with Crippen LogP contribution in [0.15, 0.2) is 38.0 Å². The molecule has 0 saturated heterocycles. The van der Waals surface area contributed by atoms with Gasteiger partial charge in [0.2, 0.25) is 5.91 Å². The van der Waals surface area contributed by atoms with Crippen molar-refractivity contribution in [2.75, 3.05) is 13.1 Å². The second-order valence-electron chi connectivity index (χ2n) is 2.68. The Hall–Kier alpha value is -1.31. The summed E-state index contributed by atoms with van der Waals surface area (Å²) in [6.45, 7) is 12.1. The number of carbonyl (C=O) groups excluding carboxylic acids is 1. The lowest BCUT2D eigenvalue weighted by Gasteiger charge is -2.19. The van der Waals surface area contributed by atoms with E-state index in [0.717, 1.165) is 12.8 Å². The molecule has 0 fully saturated rings. The lowest BCUT2D eigenvalue weighted by atomic mass is 10.3. The van der Waals surface area contributed by atoms with Crippen LogP contribution in [-0.4, -0.2) is 23.9 Å². The fraction of sp³-hybridized carbons (Fsp3) is 0.364. The van der Waals surface area contributed by atoms with Gasteiger partial charge in [-0.25, -0.2) is 0 Å². The van der Waals surface area contributed by atoms with Crippen LogP contribution in [-0.2, 0) is 4.79 Å². The zero-order chi connectivity index (χ0) is 10.1. The Kier molecular flexibility index (Phi) is 6.60. The van der Waals surface area contributed by atoms with Crippen molar-refractivity contribution in [2.24, 2.45) is 0 Å². The van der Waals surface area contributed by atoms with E-state index in [2.05, 4.69) is 19.7 Å². The van der Waals surface area contributed by atoms with Crippen molar-refractivity contribution in [3.05, 3.63) is 38.0 Å². The molecule has 13 heavy (non-hydrogen) atoms. The molecule has 0 radical (unpaired) electrons. The van der Waals surface area contributed by atoms with Crippen molar-refractivity contribution >= 4 is 5.91 Å². The first-order chi connectivity index (χ1) is 6.26. The second kappa shape index (κ2) is 7.35. The molecule has 0 aliphatic rings. The molecule has 0 aromatic carbocycles. The van der Waals surface area contributed by atoms with Crippen LogP contribution in [0.25, 0.3) is 0 Å². The van der Waals surface area contributed by atoms with Crippen molar-refractivity contribution < 1.29 is 4.79 Å². The summed E-state index contributed by atoms with van der Waals surface area (Å²) in [6, 6.07) is 0. The number of hydrogen-bond donors (Lipinski definition) is 0. The molecule has 2 nitrogen and oxygen atoms in total. The van der Waals surface area contributed by atoms with Gasteiger partial charge < -0.3 is 4.90 Å². The third kappa shape index (κ3) is 5.01. The molecular weight excluding hydrogens is 162 g/mol. The first-order valence-corrected chi connectivity index (χ1v) is 4.39. The molecule has 0 saturated carbocycles. The lowest BCUT2D eigenvalue weighted by Crippen LogP contribution is -2.30.